The summed E-state index contributed by atoms with van der Waals surface area (Å²) >= 11 is 0. The highest BCUT2D eigenvalue weighted by atomic mass is 28.4. The molecule has 0 aliphatic carbocycles. The van der Waals surface area contributed by atoms with E-state index in [1.807, 2.05) is 24.4 Å². The van der Waals surface area contributed by atoms with Gasteiger partial charge in [0.2, 0.25) is 8.32 Å². The van der Waals surface area contributed by atoms with E-state index < -0.39 is 8.32 Å². The minimum Gasteiger partial charge on any atom is -0.545 e. The van der Waals surface area contributed by atoms with Crippen LogP contribution >= 0.6 is 0 Å². The molecule has 0 spiro atoms. The zero-order valence-corrected chi connectivity index (χ0v) is 13.6. The molecule has 1 aliphatic rings. The summed E-state index contributed by atoms with van der Waals surface area (Å²) in [6, 6.07) is 5.99. The Morgan fingerprint density at radius 1 is 1.26 bits per heavy atom. The molecule has 104 valence electrons. The lowest BCUT2D eigenvalue weighted by molar-refractivity contribution is 0.375. The third kappa shape index (κ3) is 3.18. The zero-order chi connectivity index (χ0) is 14.1. The molecule has 0 saturated carbocycles. The van der Waals surface area contributed by atoms with E-state index in [0.29, 0.717) is 0 Å². The van der Waals surface area contributed by atoms with Crippen LogP contribution in [-0.4, -0.2) is 19.8 Å². The van der Waals surface area contributed by atoms with E-state index in [2.05, 4.69) is 49.9 Å². The van der Waals surface area contributed by atoms with Gasteiger partial charge >= 0.3 is 0 Å². The van der Waals surface area contributed by atoms with Crippen LogP contribution in [0.4, 0.5) is 5.82 Å². The van der Waals surface area contributed by atoms with Gasteiger partial charge in [-0.25, -0.2) is 4.98 Å². The highest BCUT2D eigenvalue weighted by molar-refractivity contribution is 6.74. The lowest BCUT2D eigenvalue weighted by Crippen LogP contribution is -2.40. The Labute approximate surface area is 117 Å². The van der Waals surface area contributed by atoms with Crippen molar-refractivity contribution in [2.24, 2.45) is 0 Å². The summed E-state index contributed by atoms with van der Waals surface area (Å²) < 4.78 is 6.35. The Morgan fingerprint density at radius 3 is 2.58 bits per heavy atom. The van der Waals surface area contributed by atoms with Crippen LogP contribution in [0.2, 0.25) is 18.1 Å². The fourth-order valence-electron chi connectivity index (χ4n) is 1.80. The molecule has 0 fully saturated rings. The molecule has 19 heavy (non-hydrogen) atoms. The third-order valence-electron chi connectivity index (χ3n) is 4.03. The van der Waals surface area contributed by atoms with Crippen LogP contribution in [0.15, 0.2) is 36.4 Å². The highest BCUT2D eigenvalue weighted by Crippen LogP contribution is 2.39. The molecule has 1 aromatic rings. The third-order valence-corrected chi connectivity index (χ3v) is 8.42. The SMILES string of the molecule is CC(C)(C)[Si](C)(C)OC1=CN(c2ccccn2)CC1. The number of nitrogens with zero attached hydrogens (tertiary/aromatic N) is 2. The summed E-state index contributed by atoms with van der Waals surface area (Å²) in [5.41, 5.74) is 0. The van der Waals surface area contributed by atoms with Crippen molar-refractivity contribution in [1.82, 2.24) is 4.98 Å². The Morgan fingerprint density at radius 2 is 2.00 bits per heavy atom. The van der Waals surface area contributed by atoms with Gasteiger partial charge < -0.3 is 9.33 Å². The summed E-state index contributed by atoms with van der Waals surface area (Å²) in [7, 11) is -1.72. The smallest absolute Gasteiger partial charge is 0.250 e. The molecule has 1 aromatic heterocycles. The lowest BCUT2D eigenvalue weighted by Gasteiger charge is -2.36. The van der Waals surface area contributed by atoms with Crippen LogP contribution < -0.4 is 4.90 Å². The number of rotatable bonds is 3. The van der Waals surface area contributed by atoms with Crippen molar-refractivity contribution in [2.45, 2.75) is 45.3 Å². The average molecular weight is 276 g/mol. The number of hydrogen-bond donors (Lipinski definition) is 0. The predicted molar refractivity (Wildman–Crippen MR) is 82.6 cm³/mol. The number of hydrogen-bond acceptors (Lipinski definition) is 3. The van der Waals surface area contributed by atoms with Crippen LogP contribution in [-0.2, 0) is 4.43 Å². The monoisotopic (exact) mass is 276 g/mol. The second-order valence-electron chi connectivity index (χ2n) is 6.59. The molecule has 0 radical (unpaired) electrons. The van der Waals surface area contributed by atoms with Gasteiger partial charge in [-0.3, -0.25) is 0 Å². The van der Waals surface area contributed by atoms with Crippen molar-refractivity contribution in [1.29, 1.82) is 0 Å². The van der Waals surface area contributed by atoms with Crippen LogP contribution in [0.1, 0.15) is 27.2 Å². The maximum absolute atomic E-state index is 6.35. The van der Waals surface area contributed by atoms with Gasteiger partial charge in [0, 0.05) is 25.4 Å². The Kier molecular flexibility index (Phi) is 3.72. The van der Waals surface area contributed by atoms with E-state index in [4.69, 9.17) is 4.43 Å². The van der Waals surface area contributed by atoms with Crippen molar-refractivity contribution in [2.75, 3.05) is 11.4 Å². The molecule has 2 rings (SSSR count). The van der Waals surface area contributed by atoms with Gasteiger partial charge in [0.15, 0.2) is 0 Å². The lowest BCUT2D eigenvalue weighted by atomic mass is 10.2. The van der Waals surface area contributed by atoms with Gasteiger partial charge in [0.25, 0.3) is 0 Å². The normalized spacial score (nSPS) is 16.5. The maximum Gasteiger partial charge on any atom is 0.250 e. The van der Waals surface area contributed by atoms with E-state index in [1.165, 1.54) is 0 Å². The first-order chi connectivity index (χ1) is 8.79. The van der Waals surface area contributed by atoms with E-state index in [1.54, 1.807) is 0 Å². The Balaban J connectivity index is 2.08. The zero-order valence-electron chi connectivity index (χ0n) is 12.6. The number of anilines is 1. The molecule has 3 nitrogen and oxygen atoms in total. The standard InChI is InChI=1S/C15H24N2OSi/c1-15(2,3)19(4,5)18-13-9-11-17(12-13)14-8-6-7-10-16-14/h6-8,10,12H,9,11H2,1-5H3. The fourth-order valence-corrected chi connectivity index (χ4v) is 2.91. The topological polar surface area (TPSA) is 25.4 Å². The molecule has 0 aromatic carbocycles. The molecule has 0 saturated heterocycles. The minimum atomic E-state index is -1.72. The van der Waals surface area contributed by atoms with Crippen molar-refractivity contribution in [3.63, 3.8) is 0 Å². The largest absolute Gasteiger partial charge is 0.545 e. The van der Waals surface area contributed by atoms with Gasteiger partial charge in [0.05, 0.1) is 5.76 Å². The van der Waals surface area contributed by atoms with Crippen LogP contribution in [0.3, 0.4) is 0 Å². The molecule has 0 unspecified atom stereocenters. The molecule has 1 aliphatic heterocycles. The van der Waals surface area contributed by atoms with Crippen LogP contribution in [0.25, 0.3) is 0 Å². The predicted octanol–water partition coefficient (Wildman–Crippen LogP) is 4.15. The van der Waals surface area contributed by atoms with Crippen molar-refractivity contribution >= 4 is 14.1 Å². The number of aromatic nitrogens is 1. The summed E-state index contributed by atoms with van der Waals surface area (Å²) in [5, 5.41) is 0.242. The first-order valence-electron chi connectivity index (χ1n) is 6.87. The Bertz CT molecular complexity index is 463. The van der Waals surface area contributed by atoms with E-state index in [9.17, 15) is 0 Å². The first kappa shape index (κ1) is 14.1. The molecule has 0 N–H and O–H groups in total. The van der Waals surface area contributed by atoms with E-state index in [-0.39, 0.29) is 5.04 Å². The summed E-state index contributed by atoms with van der Waals surface area (Å²) in [6.07, 6.45) is 4.92. The van der Waals surface area contributed by atoms with Crippen LogP contribution in [0.5, 0.6) is 0 Å². The van der Waals surface area contributed by atoms with Gasteiger partial charge in [-0.2, -0.15) is 0 Å². The molecule has 0 bridgehead atoms. The Hall–Kier alpha value is -1.29. The second-order valence-corrected chi connectivity index (χ2v) is 11.3. The van der Waals surface area contributed by atoms with Gasteiger partial charge in [-0.05, 0) is 30.3 Å². The quantitative estimate of drug-likeness (QED) is 0.775. The van der Waals surface area contributed by atoms with E-state index >= 15 is 0 Å². The van der Waals surface area contributed by atoms with E-state index in [0.717, 1.165) is 24.5 Å². The highest BCUT2D eigenvalue weighted by Gasteiger charge is 2.39. The molecular formula is C15H24N2OSi. The second kappa shape index (κ2) is 5.00. The number of pyridine rings is 1. The van der Waals surface area contributed by atoms with Gasteiger partial charge in [-0.15, -0.1) is 0 Å². The maximum atomic E-state index is 6.35. The van der Waals surface area contributed by atoms with Crippen molar-refractivity contribution in [3.8, 4) is 0 Å². The summed E-state index contributed by atoms with van der Waals surface area (Å²) in [6.45, 7) is 12.3. The average Bonchev–Trinajstić information content (AvgIpc) is 2.76. The summed E-state index contributed by atoms with van der Waals surface area (Å²) in [4.78, 5) is 6.55. The molecule has 0 atom stereocenters. The molecule has 2 heterocycles. The van der Waals surface area contributed by atoms with Crippen molar-refractivity contribution in [3.05, 3.63) is 36.4 Å². The first-order valence-corrected chi connectivity index (χ1v) is 9.78. The summed E-state index contributed by atoms with van der Waals surface area (Å²) in [5.74, 6) is 2.11. The van der Waals surface area contributed by atoms with Gasteiger partial charge in [0.1, 0.15) is 5.82 Å². The molecule has 0 amide bonds. The minimum absolute atomic E-state index is 0.242. The molecule has 4 heteroatoms. The van der Waals surface area contributed by atoms with Crippen LogP contribution in [0, 0.1) is 0 Å². The van der Waals surface area contributed by atoms with Gasteiger partial charge in [-0.1, -0.05) is 26.8 Å². The molecular weight excluding hydrogens is 252 g/mol. The van der Waals surface area contributed by atoms with Crippen molar-refractivity contribution < 1.29 is 4.43 Å². The fraction of sp³-hybridized carbons (Fsp3) is 0.533.